The Kier molecular flexibility index (Phi) is 4.88. The lowest BCUT2D eigenvalue weighted by Crippen LogP contribution is -2.32. The number of β-amino-alcohol motifs (C(OH)–C–C–N with tert-alkyl or cyclic N) is 1. The third-order valence-corrected chi connectivity index (χ3v) is 5.16. The molecule has 0 unspecified atom stereocenters. The largest absolute Gasteiger partial charge is 0.496 e. The second-order valence-corrected chi connectivity index (χ2v) is 6.45. The monoisotopic (exact) mass is 329 g/mol. The number of carbonyl (C=O) groups excluding carboxylic acids is 1. The molecule has 0 aliphatic carbocycles. The highest BCUT2D eigenvalue weighted by molar-refractivity contribution is 8.00. The molecule has 0 bridgehead atoms. The topological polar surface area (TPSA) is 49.8 Å². The molecule has 4 nitrogen and oxygen atoms in total. The van der Waals surface area contributed by atoms with Crippen molar-refractivity contribution >= 4 is 17.7 Å². The lowest BCUT2D eigenvalue weighted by atomic mass is 10.1. The van der Waals surface area contributed by atoms with Gasteiger partial charge in [0.15, 0.2) is 0 Å². The Bertz CT molecular complexity index is 677. The van der Waals surface area contributed by atoms with Gasteiger partial charge >= 0.3 is 0 Å². The van der Waals surface area contributed by atoms with Crippen molar-refractivity contribution in [2.45, 2.75) is 11.5 Å². The summed E-state index contributed by atoms with van der Waals surface area (Å²) in [6.07, 6.45) is -0.698. The van der Waals surface area contributed by atoms with Crippen LogP contribution in [-0.2, 0) is 4.79 Å². The summed E-state index contributed by atoms with van der Waals surface area (Å²) in [5, 5.41) is 10.3. The first kappa shape index (κ1) is 15.9. The molecule has 3 rings (SSSR count). The average Bonchev–Trinajstić information content (AvgIpc) is 2.96. The lowest BCUT2D eigenvalue weighted by Gasteiger charge is -2.27. The van der Waals surface area contributed by atoms with Crippen LogP contribution in [0.3, 0.4) is 0 Å². The Balaban J connectivity index is 1.83. The SMILES string of the molecule is COc1ccccc1[C@@H]1SCC(=O)N1C[C@H](O)c1ccccc1. The molecule has 2 atom stereocenters. The first-order valence-electron chi connectivity index (χ1n) is 7.47. The highest BCUT2D eigenvalue weighted by Gasteiger charge is 2.35. The fourth-order valence-corrected chi connectivity index (χ4v) is 3.97. The van der Waals surface area contributed by atoms with Crippen LogP contribution >= 0.6 is 11.8 Å². The summed E-state index contributed by atoms with van der Waals surface area (Å²) in [6.45, 7) is 0.276. The number of thioether (sulfide) groups is 1. The highest BCUT2D eigenvalue weighted by Crippen LogP contribution is 2.42. The van der Waals surface area contributed by atoms with Crippen LogP contribution in [-0.4, -0.2) is 35.3 Å². The van der Waals surface area contributed by atoms with Crippen molar-refractivity contribution in [3.63, 3.8) is 0 Å². The van der Waals surface area contributed by atoms with Gasteiger partial charge in [-0.05, 0) is 11.6 Å². The van der Waals surface area contributed by atoms with Crippen LogP contribution in [0.15, 0.2) is 54.6 Å². The zero-order valence-corrected chi connectivity index (χ0v) is 13.7. The summed E-state index contributed by atoms with van der Waals surface area (Å²) in [4.78, 5) is 14.0. The van der Waals surface area contributed by atoms with E-state index in [1.165, 1.54) is 0 Å². The van der Waals surface area contributed by atoms with E-state index in [1.807, 2.05) is 54.6 Å². The zero-order valence-electron chi connectivity index (χ0n) is 12.9. The molecule has 120 valence electrons. The van der Waals surface area contributed by atoms with E-state index in [2.05, 4.69) is 0 Å². The predicted molar refractivity (Wildman–Crippen MR) is 91.3 cm³/mol. The van der Waals surface area contributed by atoms with Gasteiger partial charge < -0.3 is 14.7 Å². The van der Waals surface area contributed by atoms with Gasteiger partial charge in [0.05, 0.1) is 25.5 Å². The van der Waals surface area contributed by atoms with Gasteiger partial charge in [-0.25, -0.2) is 0 Å². The third kappa shape index (κ3) is 3.35. The molecule has 2 aromatic rings. The van der Waals surface area contributed by atoms with Crippen molar-refractivity contribution in [3.05, 3.63) is 65.7 Å². The van der Waals surface area contributed by atoms with E-state index in [0.29, 0.717) is 5.75 Å². The molecule has 0 aromatic heterocycles. The molecule has 1 amide bonds. The van der Waals surface area contributed by atoms with Crippen molar-refractivity contribution in [1.29, 1.82) is 0 Å². The van der Waals surface area contributed by atoms with Crippen molar-refractivity contribution in [1.82, 2.24) is 4.90 Å². The van der Waals surface area contributed by atoms with Gasteiger partial charge in [-0.15, -0.1) is 11.8 Å². The Morgan fingerprint density at radius 2 is 1.91 bits per heavy atom. The third-order valence-electron chi connectivity index (χ3n) is 3.93. The molecule has 23 heavy (non-hydrogen) atoms. The quantitative estimate of drug-likeness (QED) is 0.916. The van der Waals surface area contributed by atoms with Gasteiger partial charge in [-0.3, -0.25) is 4.79 Å². The molecule has 0 spiro atoms. The van der Waals surface area contributed by atoms with E-state index in [0.717, 1.165) is 16.9 Å². The van der Waals surface area contributed by atoms with Crippen molar-refractivity contribution in [2.24, 2.45) is 0 Å². The summed E-state index contributed by atoms with van der Waals surface area (Å²) < 4.78 is 5.42. The summed E-state index contributed by atoms with van der Waals surface area (Å²) in [5.41, 5.74) is 1.78. The number of amides is 1. The number of ether oxygens (including phenoxy) is 1. The molecule has 1 aliphatic rings. The Morgan fingerprint density at radius 1 is 1.22 bits per heavy atom. The first-order valence-corrected chi connectivity index (χ1v) is 8.52. The fourth-order valence-electron chi connectivity index (χ4n) is 2.75. The summed E-state index contributed by atoms with van der Waals surface area (Å²) in [5.74, 6) is 1.23. The summed E-state index contributed by atoms with van der Waals surface area (Å²) in [6, 6.07) is 17.1. The smallest absolute Gasteiger partial charge is 0.233 e. The van der Waals surface area contributed by atoms with E-state index >= 15 is 0 Å². The van der Waals surface area contributed by atoms with Gasteiger partial charge in [-0.1, -0.05) is 48.5 Å². The normalized spacial score (nSPS) is 19.0. The maximum Gasteiger partial charge on any atom is 0.233 e. The van der Waals surface area contributed by atoms with Crippen LogP contribution < -0.4 is 4.74 Å². The zero-order chi connectivity index (χ0) is 16.2. The number of hydrogen-bond donors (Lipinski definition) is 1. The second kappa shape index (κ2) is 7.06. The summed E-state index contributed by atoms with van der Waals surface area (Å²) in [7, 11) is 1.63. The number of para-hydroxylation sites is 1. The Hall–Kier alpha value is -1.98. The Morgan fingerprint density at radius 3 is 2.65 bits per heavy atom. The predicted octanol–water partition coefficient (Wildman–Crippen LogP) is 3.00. The number of aliphatic hydroxyl groups is 1. The fraction of sp³-hybridized carbons (Fsp3) is 0.278. The first-order chi connectivity index (χ1) is 11.2. The van der Waals surface area contributed by atoms with Crippen molar-refractivity contribution < 1.29 is 14.6 Å². The molecule has 1 saturated heterocycles. The molecule has 1 heterocycles. The van der Waals surface area contributed by atoms with Gasteiger partial charge in [-0.2, -0.15) is 0 Å². The minimum Gasteiger partial charge on any atom is -0.496 e. The molecular formula is C18H19NO3S. The number of nitrogens with zero attached hydrogens (tertiary/aromatic N) is 1. The molecular weight excluding hydrogens is 310 g/mol. The van der Waals surface area contributed by atoms with Gasteiger partial charge in [0.1, 0.15) is 11.1 Å². The molecule has 1 N–H and O–H groups in total. The standard InChI is InChI=1S/C18H19NO3S/c1-22-16-10-6-5-9-14(16)18-19(17(21)12-23-18)11-15(20)13-7-3-2-4-8-13/h2-10,15,18,20H,11-12H2,1H3/t15-,18-/m0/s1. The van der Waals surface area contributed by atoms with Crippen LogP contribution in [0.25, 0.3) is 0 Å². The average molecular weight is 329 g/mol. The number of aliphatic hydroxyl groups excluding tert-OH is 1. The van der Waals surface area contributed by atoms with Crippen molar-refractivity contribution in [3.8, 4) is 5.75 Å². The molecule has 2 aromatic carbocycles. The number of methoxy groups -OCH3 is 1. The van der Waals surface area contributed by atoms with Crippen molar-refractivity contribution in [2.75, 3.05) is 19.4 Å². The van der Waals surface area contributed by atoms with Crippen LogP contribution in [0, 0.1) is 0 Å². The van der Waals surface area contributed by atoms with E-state index in [9.17, 15) is 9.90 Å². The molecule has 0 radical (unpaired) electrons. The number of hydrogen-bond acceptors (Lipinski definition) is 4. The van der Waals surface area contributed by atoms with E-state index in [-0.39, 0.29) is 17.8 Å². The lowest BCUT2D eigenvalue weighted by molar-refractivity contribution is -0.129. The molecule has 5 heteroatoms. The Labute approximate surface area is 140 Å². The molecule has 0 saturated carbocycles. The number of rotatable bonds is 5. The van der Waals surface area contributed by atoms with E-state index < -0.39 is 6.10 Å². The minimum atomic E-state index is -0.698. The number of benzene rings is 2. The minimum absolute atomic E-state index is 0.0425. The van der Waals surface area contributed by atoms with Crippen LogP contribution in [0.2, 0.25) is 0 Å². The van der Waals surface area contributed by atoms with E-state index in [1.54, 1.807) is 23.8 Å². The number of carbonyl (C=O) groups is 1. The highest BCUT2D eigenvalue weighted by atomic mass is 32.2. The van der Waals surface area contributed by atoms with Gasteiger partial charge in [0.25, 0.3) is 0 Å². The van der Waals surface area contributed by atoms with Crippen LogP contribution in [0.1, 0.15) is 22.6 Å². The summed E-state index contributed by atoms with van der Waals surface area (Å²) >= 11 is 1.56. The second-order valence-electron chi connectivity index (χ2n) is 5.38. The van der Waals surface area contributed by atoms with Crippen LogP contribution in [0.5, 0.6) is 5.75 Å². The van der Waals surface area contributed by atoms with E-state index in [4.69, 9.17) is 4.74 Å². The maximum absolute atomic E-state index is 12.3. The van der Waals surface area contributed by atoms with Gasteiger partial charge in [0, 0.05) is 5.56 Å². The van der Waals surface area contributed by atoms with Gasteiger partial charge in [0.2, 0.25) is 5.91 Å². The molecule has 1 aliphatic heterocycles. The maximum atomic E-state index is 12.3. The van der Waals surface area contributed by atoms with Crippen LogP contribution in [0.4, 0.5) is 0 Å². The molecule has 1 fully saturated rings.